The molecule has 0 bridgehead atoms. The molecule has 8 nitrogen and oxygen atoms in total. The molecule has 0 radical (unpaired) electrons. The average Bonchev–Trinajstić information content (AvgIpc) is 3.45. The SMILES string of the molecule is CCCC.CCNOS(=O)(=O)CCCN1/C(=C/C=C(C)/C=C/c2cc[n+](C)c3ccccc23)Oc2cc(SOc3ccccc3)ccc21. The zero-order valence-corrected chi connectivity index (χ0v) is 30.0. The predicted octanol–water partition coefficient (Wildman–Crippen LogP) is 8.52. The standard InChI is InChI=1S/C34H36N3O5S2.C4H10/c1-4-35-42-44(38,39)24-10-22-37-32-19-18-29(43-41-28-11-6-5-7-12-28)25-33(32)40-34(37)20-16-26(2)15-17-27-21-23-36(3)31-14-9-8-13-30(27)31;1-3-4-2/h5-9,11-21,23,25,35H,4,10,22,24H2,1-3H3;3-4H2,1-2H3/q+1;. The second-order valence-electron chi connectivity index (χ2n) is 11.2. The summed E-state index contributed by atoms with van der Waals surface area (Å²) in [7, 11) is -1.65. The Morgan fingerprint density at radius 1 is 1.00 bits per heavy atom. The van der Waals surface area contributed by atoms with Crippen molar-refractivity contribution in [2.24, 2.45) is 7.05 Å². The minimum atomic E-state index is -3.69. The third kappa shape index (κ3) is 10.7. The summed E-state index contributed by atoms with van der Waals surface area (Å²) in [6, 6.07) is 25.9. The van der Waals surface area contributed by atoms with E-state index in [9.17, 15) is 8.42 Å². The number of fused-ring (bicyclic) bond motifs is 2. The second kappa shape index (κ2) is 18.5. The highest BCUT2D eigenvalue weighted by atomic mass is 32.2. The molecule has 0 unspecified atom stereocenters. The molecule has 10 heteroatoms. The molecule has 0 spiro atoms. The Bertz CT molecular complexity index is 1840. The smallest absolute Gasteiger partial charge is 0.283 e. The van der Waals surface area contributed by atoms with Crippen molar-refractivity contribution in [3.05, 3.63) is 120 Å². The van der Waals surface area contributed by atoms with Crippen LogP contribution in [-0.2, 0) is 21.4 Å². The Morgan fingerprint density at radius 2 is 1.75 bits per heavy atom. The monoisotopic (exact) mass is 688 g/mol. The number of ether oxygens (including phenoxy) is 1. The van der Waals surface area contributed by atoms with Crippen molar-refractivity contribution in [3.63, 3.8) is 0 Å². The summed E-state index contributed by atoms with van der Waals surface area (Å²) < 4.78 is 43.6. The molecule has 1 aliphatic heterocycles. The minimum absolute atomic E-state index is 0.127. The molecule has 1 N–H and O–H groups in total. The van der Waals surface area contributed by atoms with Gasteiger partial charge in [-0.2, -0.15) is 18.2 Å². The third-order valence-electron chi connectivity index (χ3n) is 7.37. The van der Waals surface area contributed by atoms with Crippen LogP contribution < -0.4 is 23.9 Å². The molecule has 48 heavy (non-hydrogen) atoms. The second-order valence-corrected chi connectivity index (χ2v) is 13.7. The van der Waals surface area contributed by atoms with Gasteiger partial charge >= 0.3 is 0 Å². The van der Waals surface area contributed by atoms with Gasteiger partial charge in [0.2, 0.25) is 11.4 Å². The van der Waals surface area contributed by atoms with Gasteiger partial charge in [-0.05, 0) is 61.4 Å². The fourth-order valence-electron chi connectivity index (χ4n) is 4.67. The Kier molecular flexibility index (Phi) is 14.1. The predicted molar refractivity (Wildman–Crippen MR) is 197 cm³/mol. The quantitative estimate of drug-likeness (QED) is 0.0612. The number of aryl methyl sites for hydroxylation is 1. The van der Waals surface area contributed by atoms with E-state index in [0.717, 1.165) is 33.0 Å². The number of hydroxylamine groups is 1. The molecule has 5 rings (SSSR count). The van der Waals surface area contributed by atoms with Crippen molar-refractivity contribution in [3.8, 4) is 11.5 Å². The average molecular weight is 689 g/mol. The van der Waals surface area contributed by atoms with Crippen LogP contribution >= 0.6 is 12.0 Å². The molecule has 0 amide bonds. The van der Waals surface area contributed by atoms with Gasteiger partial charge in [0, 0.05) is 25.2 Å². The fraction of sp³-hybridized carbons (Fsp3) is 0.289. The summed E-state index contributed by atoms with van der Waals surface area (Å²) in [5.41, 5.74) is 6.61. The number of rotatable bonds is 14. The Balaban J connectivity index is 0.00000123. The van der Waals surface area contributed by atoms with Gasteiger partial charge in [-0.15, -0.1) is 0 Å². The van der Waals surface area contributed by atoms with E-state index < -0.39 is 10.1 Å². The largest absolute Gasteiger partial charge is 0.439 e. The summed E-state index contributed by atoms with van der Waals surface area (Å²) in [5.74, 6) is 1.92. The lowest BCUT2D eigenvalue weighted by Crippen LogP contribution is -2.28. The van der Waals surface area contributed by atoms with E-state index in [-0.39, 0.29) is 5.75 Å². The molecular weight excluding hydrogens is 643 g/mol. The van der Waals surface area contributed by atoms with Crippen molar-refractivity contribution < 1.29 is 26.2 Å². The van der Waals surface area contributed by atoms with Gasteiger partial charge in [0.05, 0.1) is 33.8 Å². The number of anilines is 1. The maximum Gasteiger partial charge on any atom is 0.283 e. The van der Waals surface area contributed by atoms with Crippen LogP contribution in [0.4, 0.5) is 5.69 Å². The van der Waals surface area contributed by atoms with Crippen LogP contribution in [0.3, 0.4) is 0 Å². The van der Waals surface area contributed by atoms with E-state index in [1.165, 1.54) is 30.3 Å². The number of pyridine rings is 1. The molecule has 0 atom stereocenters. The van der Waals surface area contributed by atoms with E-state index in [0.29, 0.717) is 31.1 Å². The van der Waals surface area contributed by atoms with Crippen LogP contribution in [-0.4, -0.2) is 27.3 Å². The van der Waals surface area contributed by atoms with Crippen molar-refractivity contribution in [1.82, 2.24) is 5.48 Å². The van der Waals surface area contributed by atoms with Gasteiger partial charge in [-0.25, -0.2) is 4.57 Å². The maximum absolute atomic E-state index is 12.2. The number of nitrogens with zero attached hydrogens (tertiary/aromatic N) is 2. The molecule has 2 heterocycles. The molecule has 0 saturated heterocycles. The first-order valence-electron chi connectivity index (χ1n) is 16.3. The molecule has 3 aromatic carbocycles. The molecule has 1 aromatic heterocycles. The van der Waals surface area contributed by atoms with Gasteiger partial charge in [-0.1, -0.05) is 87.7 Å². The molecule has 0 saturated carbocycles. The Morgan fingerprint density at radius 3 is 2.50 bits per heavy atom. The van der Waals surface area contributed by atoms with Crippen molar-refractivity contribution in [2.75, 3.05) is 23.7 Å². The lowest BCUT2D eigenvalue weighted by atomic mass is 10.1. The molecule has 4 aromatic rings. The Hall–Kier alpha value is -4.09. The zero-order chi connectivity index (χ0) is 34.4. The van der Waals surface area contributed by atoms with E-state index in [2.05, 4.69) is 60.4 Å². The number of aromatic nitrogens is 1. The van der Waals surface area contributed by atoms with Crippen molar-refractivity contribution in [2.45, 2.75) is 51.9 Å². The van der Waals surface area contributed by atoms with E-state index >= 15 is 0 Å². The van der Waals surface area contributed by atoms with E-state index in [4.69, 9.17) is 13.2 Å². The third-order valence-corrected chi connectivity index (χ3v) is 9.26. The van der Waals surface area contributed by atoms with Gasteiger partial charge in [-0.3, -0.25) is 0 Å². The van der Waals surface area contributed by atoms with Crippen molar-refractivity contribution in [1.29, 1.82) is 0 Å². The van der Waals surface area contributed by atoms with Crippen LogP contribution in [0.1, 0.15) is 52.5 Å². The highest BCUT2D eigenvalue weighted by molar-refractivity contribution is 7.95. The Labute approximate surface area is 290 Å². The number of unbranched alkanes of at least 4 members (excludes halogenated alkanes) is 1. The topological polar surface area (TPSA) is 81.0 Å². The highest BCUT2D eigenvalue weighted by Crippen LogP contribution is 2.42. The summed E-state index contributed by atoms with van der Waals surface area (Å²) in [4.78, 5) is 2.87. The van der Waals surface area contributed by atoms with Crippen LogP contribution in [0.15, 0.2) is 120 Å². The van der Waals surface area contributed by atoms with Crippen LogP contribution in [0.2, 0.25) is 0 Å². The number of benzene rings is 3. The lowest BCUT2D eigenvalue weighted by molar-refractivity contribution is -0.644. The van der Waals surface area contributed by atoms with Crippen LogP contribution in [0.5, 0.6) is 11.5 Å². The van der Waals surface area contributed by atoms with Crippen molar-refractivity contribution >= 4 is 44.8 Å². The van der Waals surface area contributed by atoms with Crippen LogP contribution in [0, 0.1) is 0 Å². The highest BCUT2D eigenvalue weighted by Gasteiger charge is 2.27. The zero-order valence-electron chi connectivity index (χ0n) is 28.4. The van der Waals surface area contributed by atoms with E-state index in [1.807, 2.05) is 91.7 Å². The molecule has 0 aliphatic carbocycles. The number of nitrogens with one attached hydrogen (secondary N) is 1. The fourth-order valence-corrected chi connectivity index (χ4v) is 6.11. The first-order valence-corrected chi connectivity index (χ1v) is 18.6. The van der Waals surface area contributed by atoms with Gasteiger partial charge in [0.15, 0.2) is 11.9 Å². The summed E-state index contributed by atoms with van der Waals surface area (Å²) in [5, 5.41) is 1.18. The molecular formula is C38H46N3O5S2+. The van der Waals surface area contributed by atoms with Gasteiger partial charge in [0.1, 0.15) is 12.8 Å². The molecule has 254 valence electrons. The lowest BCUT2D eigenvalue weighted by Gasteiger charge is -2.18. The summed E-state index contributed by atoms with van der Waals surface area (Å²) in [6.07, 6.45) is 13.1. The van der Waals surface area contributed by atoms with E-state index in [1.54, 1.807) is 6.92 Å². The first-order chi connectivity index (χ1) is 23.2. The van der Waals surface area contributed by atoms with Gasteiger partial charge in [0.25, 0.3) is 10.1 Å². The summed E-state index contributed by atoms with van der Waals surface area (Å²) >= 11 is 1.25. The molecule has 1 aliphatic rings. The van der Waals surface area contributed by atoms with Gasteiger partial charge < -0.3 is 13.8 Å². The minimum Gasteiger partial charge on any atom is -0.439 e. The number of hydrogen-bond acceptors (Lipinski definition) is 8. The first kappa shape index (κ1) is 36.7. The normalized spacial score (nSPS) is 13.8. The molecule has 0 fully saturated rings. The van der Waals surface area contributed by atoms with Crippen LogP contribution in [0.25, 0.3) is 17.0 Å². The number of para-hydroxylation sites is 2. The maximum atomic E-state index is 12.2. The number of allylic oxidation sites excluding steroid dienone is 4. The summed E-state index contributed by atoms with van der Waals surface area (Å²) in [6.45, 7) is 8.99. The number of hydrogen-bond donors (Lipinski definition) is 1.